The first kappa shape index (κ1) is 24.4. The lowest BCUT2D eigenvalue weighted by Gasteiger charge is -2.31. The number of hydrogen-bond donors (Lipinski definition) is 0. The summed E-state index contributed by atoms with van der Waals surface area (Å²) in [6.07, 6.45) is 7.54. The van der Waals surface area contributed by atoms with Gasteiger partial charge in [0.1, 0.15) is 5.82 Å². The van der Waals surface area contributed by atoms with Gasteiger partial charge in [-0.2, -0.15) is 0 Å². The standard InChI is InChI=1S/C26H39N3O3/c1-19(2)15-16-28(24(30)14-13-21-9-5-6-10-21)20(3)25-27-23-12-8-7-11-22(23)26(31)29(25)17-18-32-4/h7-8,11-12,19-21H,5-6,9-10,13-18H2,1-4H3. The van der Waals surface area contributed by atoms with Crippen molar-refractivity contribution in [2.24, 2.45) is 11.8 Å². The van der Waals surface area contributed by atoms with Crippen molar-refractivity contribution in [3.05, 3.63) is 40.4 Å². The second-order valence-corrected chi connectivity index (χ2v) is 9.57. The van der Waals surface area contributed by atoms with Crippen molar-refractivity contribution >= 4 is 16.8 Å². The van der Waals surface area contributed by atoms with Gasteiger partial charge in [-0.05, 0) is 43.7 Å². The Hall–Kier alpha value is -2.21. The molecule has 3 rings (SSSR count). The van der Waals surface area contributed by atoms with Gasteiger partial charge in [0.2, 0.25) is 5.91 Å². The van der Waals surface area contributed by atoms with Crippen LogP contribution >= 0.6 is 0 Å². The predicted octanol–water partition coefficient (Wildman–Crippen LogP) is 4.95. The van der Waals surface area contributed by atoms with Crippen LogP contribution in [0.5, 0.6) is 0 Å². The number of nitrogens with zero attached hydrogens (tertiary/aromatic N) is 3. The Balaban J connectivity index is 1.93. The van der Waals surface area contributed by atoms with Gasteiger partial charge >= 0.3 is 0 Å². The normalized spacial score (nSPS) is 15.5. The molecule has 1 amide bonds. The van der Waals surface area contributed by atoms with E-state index in [2.05, 4.69) is 13.8 Å². The third-order valence-electron chi connectivity index (χ3n) is 6.76. The van der Waals surface area contributed by atoms with Crippen molar-refractivity contribution in [1.82, 2.24) is 14.5 Å². The van der Waals surface area contributed by atoms with E-state index in [9.17, 15) is 9.59 Å². The molecule has 0 aliphatic heterocycles. The highest BCUT2D eigenvalue weighted by molar-refractivity contribution is 5.78. The number of fused-ring (bicyclic) bond motifs is 1. The van der Waals surface area contributed by atoms with E-state index in [1.807, 2.05) is 36.1 Å². The Kier molecular flexibility index (Phi) is 8.85. The largest absolute Gasteiger partial charge is 0.383 e. The van der Waals surface area contributed by atoms with Crippen LogP contribution in [-0.2, 0) is 16.1 Å². The molecular formula is C26H39N3O3. The third-order valence-corrected chi connectivity index (χ3v) is 6.76. The molecule has 1 aromatic carbocycles. The summed E-state index contributed by atoms with van der Waals surface area (Å²) in [6.45, 7) is 7.87. The quantitative estimate of drug-likeness (QED) is 0.495. The van der Waals surface area contributed by atoms with Crippen molar-refractivity contribution in [1.29, 1.82) is 0 Å². The highest BCUT2D eigenvalue weighted by Gasteiger charge is 2.27. The minimum Gasteiger partial charge on any atom is -0.383 e. The summed E-state index contributed by atoms with van der Waals surface area (Å²) in [5.41, 5.74) is 0.604. The fourth-order valence-corrected chi connectivity index (χ4v) is 4.74. The second-order valence-electron chi connectivity index (χ2n) is 9.57. The Labute approximate surface area is 192 Å². The van der Waals surface area contributed by atoms with E-state index in [1.165, 1.54) is 25.7 Å². The molecule has 1 saturated carbocycles. The van der Waals surface area contributed by atoms with Gasteiger partial charge in [-0.25, -0.2) is 4.98 Å². The molecule has 6 heteroatoms. The lowest BCUT2D eigenvalue weighted by molar-refractivity contribution is -0.134. The van der Waals surface area contributed by atoms with Gasteiger partial charge in [0, 0.05) is 20.1 Å². The SMILES string of the molecule is COCCn1c(C(C)N(CCC(C)C)C(=O)CCC2CCCC2)nc2ccccc2c1=O. The minimum absolute atomic E-state index is 0.0725. The number of benzene rings is 1. The van der Waals surface area contributed by atoms with Crippen molar-refractivity contribution in [2.45, 2.75) is 78.3 Å². The van der Waals surface area contributed by atoms with E-state index in [1.54, 1.807) is 11.7 Å². The molecule has 0 saturated heterocycles. The maximum Gasteiger partial charge on any atom is 0.261 e. The molecule has 1 atom stereocenters. The highest BCUT2D eigenvalue weighted by atomic mass is 16.5. The maximum absolute atomic E-state index is 13.4. The van der Waals surface area contributed by atoms with Gasteiger partial charge in [-0.3, -0.25) is 14.2 Å². The van der Waals surface area contributed by atoms with E-state index >= 15 is 0 Å². The van der Waals surface area contributed by atoms with Crippen molar-refractivity contribution in [3.8, 4) is 0 Å². The van der Waals surface area contributed by atoms with E-state index in [-0.39, 0.29) is 17.5 Å². The molecule has 1 unspecified atom stereocenters. The van der Waals surface area contributed by atoms with Gasteiger partial charge in [0.05, 0.1) is 30.1 Å². The Morgan fingerprint density at radius 2 is 1.94 bits per heavy atom. The van der Waals surface area contributed by atoms with Crippen LogP contribution in [0.3, 0.4) is 0 Å². The number of hydrogen-bond acceptors (Lipinski definition) is 4. The zero-order chi connectivity index (χ0) is 23.1. The average molecular weight is 442 g/mol. The summed E-state index contributed by atoms with van der Waals surface area (Å²) in [7, 11) is 1.63. The van der Waals surface area contributed by atoms with Crippen molar-refractivity contribution in [3.63, 3.8) is 0 Å². The minimum atomic E-state index is -0.279. The molecule has 1 fully saturated rings. The van der Waals surface area contributed by atoms with Crippen LogP contribution < -0.4 is 5.56 Å². The van der Waals surface area contributed by atoms with Gasteiger partial charge in [-0.1, -0.05) is 51.7 Å². The summed E-state index contributed by atoms with van der Waals surface area (Å²) in [6, 6.07) is 7.15. The van der Waals surface area contributed by atoms with Gasteiger partial charge < -0.3 is 9.64 Å². The van der Waals surface area contributed by atoms with Crippen LogP contribution in [0.4, 0.5) is 0 Å². The first-order valence-electron chi connectivity index (χ1n) is 12.2. The average Bonchev–Trinajstić information content (AvgIpc) is 3.30. The first-order chi connectivity index (χ1) is 15.4. The molecule has 6 nitrogen and oxygen atoms in total. The molecule has 1 aliphatic carbocycles. The number of amides is 1. The van der Waals surface area contributed by atoms with Gasteiger partial charge in [-0.15, -0.1) is 0 Å². The lowest BCUT2D eigenvalue weighted by atomic mass is 10.0. The van der Waals surface area contributed by atoms with Crippen LogP contribution in [0.2, 0.25) is 0 Å². The van der Waals surface area contributed by atoms with Crippen LogP contribution in [0.25, 0.3) is 10.9 Å². The van der Waals surface area contributed by atoms with E-state index in [0.29, 0.717) is 54.7 Å². The van der Waals surface area contributed by atoms with Crippen LogP contribution in [-0.4, -0.2) is 40.6 Å². The van der Waals surface area contributed by atoms with Crippen molar-refractivity contribution < 1.29 is 9.53 Å². The van der Waals surface area contributed by atoms with E-state index < -0.39 is 0 Å². The maximum atomic E-state index is 13.4. The lowest BCUT2D eigenvalue weighted by Crippen LogP contribution is -2.39. The van der Waals surface area contributed by atoms with Gasteiger partial charge in [0.15, 0.2) is 0 Å². The molecule has 32 heavy (non-hydrogen) atoms. The molecule has 1 aromatic heterocycles. The van der Waals surface area contributed by atoms with Crippen molar-refractivity contribution in [2.75, 3.05) is 20.3 Å². The molecule has 1 aliphatic rings. The molecule has 1 heterocycles. The molecule has 2 aromatic rings. The number of para-hydroxylation sites is 1. The van der Waals surface area contributed by atoms with Gasteiger partial charge in [0.25, 0.3) is 5.56 Å². The monoisotopic (exact) mass is 441 g/mol. The third kappa shape index (κ3) is 5.97. The van der Waals surface area contributed by atoms with Crippen LogP contribution in [0, 0.1) is 11.8 Å². The molecular weight excluding hydrogens is 402 g/mol. The Bertz CT molecular complexity index is 947. The molecule has 0 N–H and O–H groups in total. The summed E-state index contributed by atoms with van der Waals surface area (Å²) >= 11 is 0. The molecule has 0 spiro atoms. The molecule has 0 bridgehead atoms. The van der Waals surface area contributed by atoms with Crippen LogP contribution in [0.1, 0.15) is 77.6 Å². The number of carbonyl (C=O) groups is 1. The zero-order valence-corrected chi connectivity index (χ0v) is 20.2. The topological polar surface area (TPSA) is 64.4 Å². The fourth-order valence-electron chi connectivity index (χ4n) is 4.74. The highest BCUT2D eigenvalue weighted by Crippen LogP contribution is 2.30. The summed E-state index contributed by atoms with van der Waals surface area (Å²) in [4.78, 5) is 33.5. The smallest absolute Gasteiger partial charge is 0.261 e. The second kappa shape index (κ2) is 11.6. The summed E-state index contributed by atoms with van der Waals surface area (Å²) < 4.78 is 6.96. The number of ether oxygens (including phenoxy) is 1. The number of rotatable bonds is 11. The molecule has 0 radical (unpaired) electrons. The van der Waals surface area contributed by atoms with E-state index in [0.717, 1.165) is 12.8 Å². The number of methoxy groups -OCH3 is 1. The number of carbonyl (C=O) groups excluding carboxylic acids is 1. The fraction of sp³-hybridized carbons (Fsp3) is 0.654. The van der Waals surface area contributed by atoms with Crippen LogP contribution in [0.15, 0.2) is 29.1 Å². The summed E-state index contributed by atoms with van der Waals surface area (Å²) in [5.74, 6) is 1.99. The summed E-state index contributed by atoms with van der Waals surface area (Å²) in [5, 5.41) is 0.598. The Morgan fingerprint density at radius 1 is 1.22 bits per heavy atom. The Morgan fingerprint density at radius 3 is 2.62 bits per heavy atom. The predicted molar refractivity (Wildman–Crippen MR) is 129 cm³/mol. The van der Waals surface area contributed by atoms with E-state index in [4.69, 9.17) is 9.72 Å². The first-order valence-corrected chi connectivity index (χ1v) is 12.2. The molecule has 176 valence electrons. The number of aromatic nitrogens is 2. The zero-order valence-electron chi connectivity index (χ0n) is 20.2.